The predicted molar refractivity (Wildman–Crippen MR) is 57.3 cm³/mol. The number of para-hydroxylation sites is 1. The zero-order valence-electron chi connectivity index (χ0n) is 8.91. The molecule has 0 aliphatic heterocycles. The first-order valence-electron chi connectivity index (χ1n) is 4.84. The van der Waals surface area contributed by atoms with Crippen LogP contribution in [0.25, 0.3) is 0 Å². The van der Waals surface area contributed by atoms with Gasteiger partial charge in [0.15, 0.2) is 11.5 Å². The molecule has 15 heavy (non-hydrogen) atoms. The molecule has 0 aliphatic carbocycles. The Bertz CT molecular complexity index is 350. The fourth-order valence-corrected chi connectivity index (χ4v) is 1.20. The lowest BCUT2D eigenvalue weighted by Gasteiger charge is -2.08. The number of amides is 1. The highest BCUT2D eigenvalue weighted by atomic mass is 16.5. The van der Waals surface area contributed by atoms with Crippen molar-refractivity contribution in [3.8, 4) is 11.5 Å². The summed E-state index contributed by atoms with van der Waals surface area (Å²) < 4.78 is 4.91. The summed E-state index contributed by atoms with van der Waals surface area (Å²) in [5.74, 6) is -0.0963. The zero-order valence-corrected chi connectivity index (χ0v) is 8.91. The number of phenols is 1. The molecule has 0 unspecified atom stereocenters. The van der Waals surface area contributed by atoms with Crippen LogP contribution in [0.15, 0.2) is 18.2 Å². The second kappa shape index (κ2) is 5.24. The number of hydrogen-bond acceptors (Lipinski definition) is 3. The van der Waals surface area contributed by atoms with Crippen LogP contribution in [-0.4, -0.2) is 24.7 Å². The van der Waals surface area contributed by atoms with Crippen molar-refractivity contribution in [3.63, 3.8) is 0 Å². The van der Waals surface area contributed by atoms with Crippen LogP contribution in [0.1, 0.15) is 23.7 Å². The monoisotopic (exact) mass is 209 g/mol. The van der Waals surface area contributed by atoms with Crippen molar-refractivity contribution in [1.82, 2.24) is 5.32 Å². The van der Waals surface area contributed by atoms with Gasteiger partial charge in [0.25, 0.3) is 5.91 Å². The Hall–Kier alpha value is -1.71. The molecule has 0 spiro atoms. The van der Waals surface area contributed by atoms with E-state index < -0.39 is 0 Å². The Labute approximate surface area is 88.9 Å². The maximum Gasteiger partial charge on any atom is 0.255 e. The van der Waals surface area contributed by atoms with Crippen LogP contribution < -0.4 is 10.1 Å². The van der Waals surface area contributed by atoms with E-state index >= 15 is 0 Å². The molecule has 0 bridgehead atoms. The maximum atomic E-state index is 11.6. The molecule has 4 heteroatoms. The molecule has 1 aromatic rings. The molecule has 0 fully saturated rings. The van der Waals surface area contributed by atoms with Crippen molar-refractivity contribution in [2.75, 3.05) is 13.7 Å². The van der Waals surface area contributed by atoms with Gasteiger partial charge in [-0.15, -0.1) is 0 Å². The van der Waals surface area contributed by atoms with Gasteiger partial charge in [0.1, 0.15) is 0 Å². The minimum atomic E-state index is -0.284. The topological polar surface area (TPSA) is 58.6 Å². The van der Waals surface area contributed by atoms with Gasteiger partial charge < -0.3 is 15.2 Å². The highest BCUT2D eigenvalue weighted by molar-refractivity contribution is 5.97. The second-order valence-corrected chi connectivity index (χ2v) is 3.11. The van der Waals surface area contributed by atoms with Gasteiger partial charge in [-0.3, -0.25) is 4.79 Å². The fourth-order valence-electron chi connectivity index (χ4n) is 1.20. The van der Waals surface area contributed by atoms with Crippen LogP contribution in [-0.2, 0) is 0 Å². The van der Waals surface area contributed by atoms with Gasteiger partial charge in [-0.2, -0.15) is 0 Å². The van der Waals surface area contributed by atoms with Crippen LogP contribution in [0.2, 0.25) is 0 Å². The molecule has 0 atom stereocenters. The highest BCUT2D eigenvalue weighted by Crippen LogP contribution is 2.28. The molecule has 1 aromatic carbocycles. The van der Waals surface area contributed by atoms with Crippen molar-refractivity contribution >= 4 is 5.91 Å². The van der Waals surface area contributed by atoms with Gasteiger partial charge in [-0.05, 0) is 18.6 Å². The van der Waals surface area contributed by atoms with Crippen LogP contribution >= 0.6 is 0 Å². The lowest BCUT2D eigenvalue weighted by Crippen LogP contribution is -2.24. The Morgan fingerprint density at radius 3 is 2.87 bits per heavy atom. The number of ether oxygens (including phenoxy) is 1. The molecule has 1 amide bonds. The number of carbonyl (C=O) groups is 1. The standard InChI is InChI=1S/C11H15NO3/c1-3-7-12-11(14)8-5-4-6-9(15-2)10(8)13/h4-6,13H,3,7H2,1-2H3,(H,12,14). The minimum Gasteiger partial charge on any atom is -0.504 e. The van der Waals surface area contributed by atoms with Crippen LogP contribution in [0.4, 0.5) is 0 Å². The third-order valence-electron chi connectivity index (χ3n) is 2.00. The molecule has 82 valence electrons. The summed E-state index contributed by atoms with van der Waals surface area (Å²) in [5.41, 5.74) is 0.239. The van der Waals surface area contributed by atoms with Crippen molar-refractivity contribution < 1.29 is 14.6 Å². The molecule has 2 N–H and O–H groups in total. The van der Waals surface area contributed by atoms with E-state index in [2.05, 4.69) is 5.32 Å². The molecule has 0 heterocycles. The maximum absolute atomic E-state index is 11.6. The lowest BCUT2D eigenvalue weighted by molar-refractivity contribution is 0.0950. The first-order chi connectivity index (χ1) is 7.20. The molecule has 0 aliphatic rings. The summed E-state index contributed by atoms with van der Waals surface area (Å²) in [5, 5.41) is 12.4. The quantitative estimate of drug-likeness (QED) is 0.790. The minimum absolute atomic E-state index is 0.117. The normalized spacial score (nSPS) is 9.73. The first kappa shape index (κ1) is 11.4. The number of benzene rings is 1. The number of rotatable bonds is 4. The molecular weight excluding hydrogens is 194 g/mol. The highest BCUT2D eigenvalue weighted by Gasteiger charge is 2.13. The Morgan fingerprint density at radius 2 is 2.27 bits per heavy atom. The fraction of sp³-hybridized carbons (Fsp3) is 0.364. The first-order valence-corrected chi connectivity index (χ1v) is 4.84. The van der Waals surface area contributed by atoms with Crippen molar-refractivity contribution in [2.45, 2.75) is 13.3 Å². The van der Waals surface area contributed by atoms with E-state index in [4.69, 9.17) is 4.74 Å². The van der Waals surface area contributed by atoms with E-state index in [0.717, 1.165) is 6.42 Å². The van der Waals surface area contributed by atoms with Gasteiger partial charge in [0.05, 0.1) is 12.7 Å². The molecule has 0 saturated carbocycles. The second-order valence-electron chi connectivity index (χ2n) is 3.11. The van der Waals surface area contributed by atoms with E-state index in [1.807, 2.05) is 6.92 Å². The number of aromatic hydroxyl groups is 1. The molecule has 1 rings (SSSR count). The van der Waals surface area contributed by atoms with Crippen molar-refractivity contribution in [1.29, 1.82) is 0 Å². The SMILES string of the molecule is CCCNC(=O)c1cccc(OC)c1O. The molecule has 4 nitrogen and oxygen atoms in total. The Morgan fingerprint density at radius 1 is 1.53 bits per heavy atom. The van der Waals surface area contributed by atoms with E-state index in [1.54, 1.807) is 18.2 Å². The van der Waals surface area contributed by atoms with Gasteiger partial charge >= 0.3 is 0 Å². The van der Waals surface area contributed by atoms with E-state index in [0.29, 0.717) is 12.3 Å². The lowest BCUT2D eigenvalue weighted by atomic mass is 10.1. The van der Waals surface area contributed by atoms with Gasteiger partial charge in [-0.25, -0.2) is 0 Å². The Balaban J connectivity index is 2.89. The smallest absolute Gasteiger partial charge is 0.255 e. The van der Waals surface area contributed by atoms with E-state index in [1.165, 1.54) is 7.11 Å². The summed E-state index contributed by atoms with van der Waals surface area (Å²) in [6.45, 7) is 2.56. The molecular formula is C11H15NO3. The number of carbonyl (C=O) groups excluding carboxylic acids is 1. The van der Waals surface area contributed by atoms with Gasteiger partial charge in [0.2, 0.25) is 0 Å². The largest absolute Gasteiger partial charge is 0.504 e. The van der Waals surface area contributed by atoms with Crippen LogP contribution in [0.3, 0.4) is 0 Å². The van der Waals surface area contributed by atoms with Gasteiger partial charge in [-0.1, -0.05) is 13.0 Å². The number of nitrogens with one attached hydrogen (secondary N) is 1. The summed E-state index contributed by atoms with van der Waals surface area (Å²) in [6.07, 6.45) is 0.858. The number of hydrogen-bond donors (Lipinski definition) is 2. The van der Waals surface area contributed by atoms with E-state index in [9.17, 15) is 9.90 Å². The number of methoxy groups -OCH3 is 1. The van der Waals surface area contributed by atoms with Crippen LogP contribution in [0.5, 0.6) is 11.5 Å². The molecule has 0 radical (unpaired) electrons. The number of phenolic OH excluding ortho intramolecular Hbond substituents is 1. The summed E-state index contributed by atoms with van der Waals surface area (Å²) in [7, 11) is 1.45. The molecule has 0 saturated heterocycles. The molecule has 0 aromatic heterocycles. The predicted octanol–water partition coefficient (Wildman–Crippen LogP) is 1.54. The summed E-state index contributed by atoms with van der Waals surface area (Å²) in [4.78, 5) is 11.6. The third kappa shape index (κ3) is 2.62. The van der Waals surface area contributed by atoms with Gasteiger partial charge in [0, 0.05) is 6.54 Å². The van der Waals surface area contributed by atoms with Crippen molar-refractivity contribution in [2.24, 2.45) is 0 Å². The zero-order chi connectivity index (χ0) is 11.3. The van der Waals surface area contributed by atoms with E-state index in [-0.39, 0.29) is 17.2 Å². The summed E-state index contributed by atoms with van der Waals surface area (Å²) >= 11 is 0. The Kier molecular flexibility index (Phi) is 3.97. The van der Waals surface area contributed by atoms with Crippen LogP contribution in [0, 0.1) is 0 Å². The third-order valence-corrected chi connectivity index (χ3v) is 2.00. The summed E-state index contributed by atoms with van der Waals surface area (Å²) in [6, 6.07) is 4.83. The average molecular weight is 209 g/mol. The average Bonchev–Trinajstić information content (AvgIpc) is 2.26. The van der Waals surface area contributed by atoms with Crippen molar-refractivity contribution in [3.05, 3.63) is 23.8 Å².